The molecule has 0 saturated heterocycles. The molecule has 1 fully saturated rings. The van der Waals surface area contributed by atoms with Gasteiger partial charge in [0, 0.05) is 23.7 Å². The number of allylic oxidation sites excluding steroid dienone is 1. The third-order valence-electron chi connectivity index (χ3n) is 8.48. The average Bonchev–Trinajstić information content (AvgIpc) is 2.93. The van der Waals surface area contributed by atoms with E-state index in [1.54, 1.807) is 30.4 Å². The maximum absolute atomic E-state index is 13.2. The van der Waals surface area contributed by atoms with Gasteiger partial charge in [-0.25, -0.2) is 13.1 Å². The van der Waals surface area contributed by atoms with E-state index in [1.807, 2.05) is 18.2 Å². The summed E-state index contributed by atoms with van der Waals surface area (Å²) >= 11 is 6.28. The second-order valence-corrected chi connectivity index (χ2v) is 13.5. The Kier molecular flexibility index (Phi) is 9.05. The molecule has 2 bridgehead atoms. The highest BCUT2D eigenvalue weighted by Gasteiger charge is 2.37. The number of sulfonamides is 1. The summed E-state index contributed by atoms with van der Waals surface area (Å²) in [7, 11) is -4.14. The standard InChI is InChI=1S/C30H37ClN2O6S/c31-24-11-8-23-19-39-29-13-10-21-16-27(29)33(14-4-3-5-20(23)15-24)17-22-9-12-26(22)28(35)7-2-1-6-25(18-34)40(37,38)32-30(21)36/h1-2,8,10-11,13,15-16,22,25-26,28,34-35H,3-7,9,12,14,17-19H2,(H,32,36)/b2-1+/t22-,25+,26+,28-/m0/s1. The number of nitrogens with zero attached hydrogens (tertiary/aromatic N) is 1. The summed E-state index contributed by atoms with van der Waals surface area (Å²) in [5.74, 6) is 0.281. The van der Waals surface area contributed by atoms with E-state index < -0.39 is 33.9 Å². The molecule has 0 unspecified atom stereocenters. The molecular formula is C30H37ClN2O6S. The van der Waals surface area contributed by atoms with Crippen LogP contribution in [0, 0.1) is 11.8 Å². The summed E-state index contributed by atoms with van der Waals surface area (Å²) < 4.78 is 34.4. The van der Waals surface area contributed by atoms with Gasteiger partial charge in [0.25, 0.3) is 5.91 Å². The van der Waals surface area contributed by atoms with Crippen molar-refractivity contribution in [2.75, 3.05) is 24.6 Å². The van der Waals surface area contributed by atoms with Gasteiger partial charge in [0.05, 0.1) is 18.4 Å². The van der Waals surface area contributed by atoms with Crippen molar-refractivity contribution in [1.82, 2.24) is 4.72 Å². The quantitative estimate of drug-likeness (QED) is 0.427. The van der Waals surface area contributed by atoms with Gasteiger partial charge >= 0.3 is 0 Å². The van der Waals surface area contributed by atoms with E-state index in [-0.39, 0.29) is 23.8 Å². The van der Waals surface area contributed by atoms with Crippen LogP contribution in [-0.4, -0.2) is 55.6 Å². The minimum absolute atomic E-state index is 0.0401. The molecule has 40 heavy (non-hydrogen) atoms. The van der Waals surface area contributed by atoms with E-state index >= 15 is 0 Å². The summed E-state index contributed by atoms with van der Waals surface area (Å²) in [5.41, 5.74) is 3.13. The molecular weight excluding hydrogens is 552 g/mol. The summed E-state index contributed by atoms with van der Waals surface area (Å²) in [6.07, 6.45) is 8.02. The van der Waals surface area contributed by atoms with Crippen LogP contribution in [0.2, 0.25) is 5.02 Å². The van der Waals surface area contributed by atoms with Crippen molar-refractivity contribution in [1.29, 1.82) is 0 Å². The molecule has 1 amide bonds. The van der Waals surface area contributed by atoms with Crippen LogP contribution in [0.4, 0.5) is 5.69 Å². The van der Waals surface area contributed by atoms with Crippen molar-refractivity contribution in [2.45, 2.75) is 62.9 Å². The maximum atomic E-state index is 13.2. The van der Waals surface area contributed by atoms with E-state index in [4.69, 9.17) is 16.3 Å². The van der Waals surface area contributed by atoms with Gasteiger partial charge in [-0.15, -0.1) is 0 Å². The molecule has 1 aliphatic carbocycles. The van der Waals surface area contributed by atoms with Gasteiger partial charge in [-0.1, -0.05) is 29.8 Å². The number of carbonyl (C=O) groups excluding carboxylic acids is 1. The SMILES string of the molecule is O=C1NS(=O)(=O)[C@@H](CO)C/C=C/C[C@H](O)[C@@H]2CC[C@H]2CN2CCCCc3cc(Cl)ccc3COc3ccc1cc32. The van der Waals surface area contributed by atoms with Crippen LogP contribution >= 0.6 is 11.6 Å². The first-order valence-electron chi connectivity index (χ1n) is 14.0. The number of rotatable bonds is 1. The number of amides is 1. The minimum Gasteiger partial charge on any atom is -0.487 e. The molecule has 3 aliphatic rings. The Morgan fingerprint density at radius 3 is 2.65 bits per heavy atom. The third kappa shape index (κ3) is 6.48. The van der Waals surface area contributed by atoms with Crippen molar-refractivity contribution in [3.8, 4) is 5.75 Å². The molecule has 1 saturated carbocycles. The molecule has 4 atom stereocenters. The van der Waals surface area contributed by atoms with E-state index in [9.17, 15) is 23.4 Å². The number of aryl methyl sites for hydroxylation is 1. The number of anilines is 1. The lowest BCUT2D eigenvalue weighted by Crippen LogP contribution is -2.44. The first kappa shape index (κ1) is 28.9. The molecule has 0 radical (unpaired) electrons. The van der Waals surface area contributed by atoms with Crippen molar-refractivity contribution >= 4 is 33.2 Å². The number of aliphatic hydroxyl groups is 2. The number of fused-ring (bicyclic) bond motifs is 3. The average molecular weight is 589 g/mol. The number of halogens is 1. The fraction of sp³-hybridized carbons (Fsp3) is 0.500. The second-order valence-electron chi connectivity index (χ2n) is 11.1. The number of hydrogen-bond acceptors (Lipinski definition) is 7. The molecule has 8 nitrogen and oxygen atoms in total. The molecule has 216 valence electrons. The van der Waals surface area contributed by atoms with Gasteiger partial charge in [-0.3, -0.25) is 4.79 Å². The maximum Gasteiger partial charge on any atom is 0.264 e. The van der Waals surface area contributed by atoms with Crippen LogP contribution in [0.3, 0.4) is 0 Å². The predicted molar refractivity (Wildman–Crippen MR) is 155 cm³/mol. The van der Waals surface area contributed by atoms with E-state index in [0.29, 0.717) is 30.3 Å². The van der Waals surface area contributed by atoms with E-state index in [2.05, 4.69) is 9.62 Å². The monoisotopic (exact) mass is 588 g/mol. The van der Waals surface area contributed by atoms with Gasteiger partial charge < -0.3 is 19.8 Å². The highest BCUT2D eigenvalue weighted by Crippen LogP contribution is 2.41. The number of nitrogens with one attached hydrogen (secondary N) is 1. The fourth-order valence-corrected chi connectivity index (χ4v) is 7.22. The first-order chi connectivity index (χ1) is 19.2. The summed E-state index contributed by atoms with van der Waals surface area (Å²) in [5, 5.41) is 20.2. The zero-order chi connectivity index (χ0) is 28.3. The lowest BCUT2D eigenvalue weighted by molar-refractivity contribution is 0.0180. The second kappa shape index (κ2) is 12.5. The lowest BCUT2D eigenvalue weighted by Gasteiger charge is -2.43. The summed E-state index contributed by atoms with van der Waals surface area (Å²) in [4.78, 5) is 15.4. The molecule has 2 aliphatic heterocycles. The third-order valence-corrected chi connectivity index (χ3v) is 10.4. The Morgan fingerprint density at radius 2 is 1.88 bits per heavy atom. The zero-order valence-corrected chi connectivity index (χ0v) is 24.0. The molecule has 5 rings (SSSR count). The molecule has 2 aromatic carbocycles. The van der Waals surface area contributed by atoms with Crippen LogP contribution in [0.5, 0.6) is 5.75 Å². The molecule has 0 spiro atoms. The van der Waals surface area contributed by atoms with Gasteiger partial charge in [0.15, 0.2) is 0 Å². The van der Waals surface area contributed by atoms with Crippen LogP contribution in [0.1, 0.15) is 60.0 Å². The molecule has 3 N–H and O–H groups in total. The van der Waals surface area contributed by atoms with Crippen molar-refractivity contribution < 1.29 is 28.2 Å². The van der Waals surface area contributed by atoms with Gasteiger partial charge in [-0.05, 0) is 98.2 Å². The van der Waals surface area contributed by atoms with Crippen molar-refractivity contribution in [3.63, 3.8) is 0 Å². The fourth-order valence-electron chi connectivity index (χ4n) is 5.92. The highest BCUT2D eigenvalue weighted by atomic mass is 35.5. The summed E-state index contributed by atoms with van der Waals surface area (Å²) in [6.45, 7) is 1.14. The highest BCUT2D eigenvalue weighted by molar-refractivity contribution is 7.90. The Balaban J connectivity index is 1.53. The number of benzene rings is 2. The summed E-state index contributed by atoms with van der Waals surface area (Å²) in [6, 6.07) is 10.8. The number of carbonyl (C=O) groups is 1. The number of aliphatic hydroxyl groups excluding tert-OH is 2. The Morgan fingerprint density at radius 1 is 1.05 bits per heavy atom. The molecule has 0 aromatic heterocycles. The molecule has 2 aromatic rings. The minimum atomic E-state index is -4.14. The van der Waals surface area contributed by atoms with Gasteiger partial charge in [-0.2, -0.15) is 0 Å². The number of ether oxygens (including phenoxy) is 1. The van der Waals surface area contributed by atoms with Gasteiger partial charge in [0.2, 0.25) is 10.0 Å². The zero-order valence-electron chi connectivity index (χ0n) is 22.5. The Hall–Kier alpha value is -2.59. The first-order valence-corrected chi connectivity index (χ1v) is 16.0. The van der Waals surface area contributed by atoms with E-state index in [0.717, 1.165) is 55.5 Å². The molecule has 2 heterocycles. The normalized spacial score (nSPS) is 28.0. The van der Waals surface area contributed by atoms with Crippen LogP contribution < -0.4 is 14.4 Å². The van der Waals surface area contributed by atoms with Crippen LogP contribution in [0.15, 0.2) is 48.6 Å². The predicted octanol–water partition coefficient (Wildman–Crippen LogP) is 4.22. The van der Waals surface area contributed by atoms with Crippen molar-refractivity contribution in [3.05, 3.63) is 70.3 Å². The largest absolute Gasteiger partial charge is 0.487 e. The Bertz CT molecular complexity index is 1360. The van der Waals surface area contributed by atoms with Crippen LogP contribution in [0.25, 0.3) is 0 Å². The van der Waals surface area contributed by atoms with E-state index in [1.165, 1.54) is 0 Å². The Labute approximate surface area is 241 Å². The topological polar surface area (TPSA) is 116 Å². The van der Waals surface area contributed by atoms with Crippen molar-refractivity contribution in [2.24, 2.45) is 11.8 Å². The lowest BCUT2D eigenvalue weighted by atomic mass is 9.69. The van der Waals surface area contributed by atoms with Crippen LogP contribution in [-0.2, 0) is 23.1 Å². The van der Waals surface area contributed by atoms with Gasteiger partial charge in [0.1, 0.15) is 17.6 Å². The number of hydrogen-bond donors (Lipinski definition) is 3. The smallest absolute Gasteiger partial charge is 0.264 e. The molecule has 10 heteroatoms.